The maximum Gasteiger partial charge on any atom is 0.173 e. The molecule has 2 aromatic heterocycles. The highest BCUT2D eigenvalue weighted by Crippen LogP contribution is 2.26. The number of nitrogens with zero attached hydrogens (tertiary/aromatic N) is 2. The number of rotatable bonds is 3. The lowest BCUT2D eigenvalue weighted by molar-refractivity contribution is 0.630. The number of aromatic nitrogens is 2. The molecule has 19 heavy (non-hydrogen) atoms. The molecule has 0 unspecified atom stereocenters. The third-order valence-corrected chi connectivity index (χ3v) is 3.10. The summed E-state index contributed by atoms with van der Waals surface area (Å²) in [5.41, 5.74) is 8.74. The second-order valence-corrected chi connectivity index (χ2v) is 4.36. The highest BCUT2D eigenvalue weighted by atomic mass is 19.1. The van der Waals surface area contributed by atoms with Gasteiger partial charge in [-0.05, 0) is 18.7 Å². The van der Waals surface area contributed by atoms with E-state index in [1.165, 1.54) is 6.07 Å². The first-order valence-electron chi connectivity index (χ1n) is 6.22. The van der Waals surface area contributed by atoms with Crippen LogP contribution in [-0.2, 0) is 6.42 Å². The Labute approximate surface area is 110 Å². The third kappa shape index (κ3) is 2.00. The number of nitrogens with two attached hydrogens (primary N) is 1. The molecular formula is C15H14FN3. The summed E-state index contributed by atoms with van der Waals surface area (Å²) in [4.78, 5) is 4.39. The Morgan fingerprint density at radius 1 is 1.11 bits per heavy atom. The van der Waals surface area contributed by atoms with Crippen molar-refractivity contribution in [3.8, 4) is 11.3 Å². The summed E-state index contributed by atoms with van der Waals surface area (Å²) in [6.07, 6.45) is 2.46. The molecule has 1 aromatic carbocycles. The van der Waals surface area contributed by atoms with Gasteiger partial charge in [0, 0.05) is 18.2 Å². The van der Waals surface area contributed by atoms with Crippen LogP contribution in [0.5, 0.6) is 0 Å². The minimum atomic E-state index is -0.317. The van der Waals surface area contributed by atoms with Gasteiger partial charge in [0.25, 0.3) is 0 Å². The summed E-state index contributed by atoms with van der Waals surface area (Å²) in [5.74, 6) is -0.317. The van der Waals surface area contributed by atoms with Crippen LogP contribution in [0.1, 0.15) is 5.69 Å². The fourth-order valence-corrected chi connectivity index (χ4v) is 2.29. The maximum atomic E-state index is 13.8. The number of imidazole rings is 1. The van der Waals surface area contributed by atoms with E-state index in [9.17, 15) is 4.39 Å². The van der Waals surface area contributed by atoms with E-state index < -0.39 is 0 Å². The van der Waals surface area contributed by atoms with Crippen molar-refractivity contribution in [3.63, 3.8) is 0 Å². The molecule has 0 saturated heterocycles. The molecule has 0 saturated carbocycles. The molecule has 0 aliphatic heterocycles. The lowest BCUT2D eigenvalue weighted by Gasteiger charge is -2.04. The van der Waals surface area contributed by atoms with Crippen molar-refractivity contribution >= 4 is 5.65 Å². The molecule has 2 heterocycles. The third-order valence-electron chi connectivity index (χ3n) is 3.10. The van der Waals surface area contributed by atoms with Crippen LogP contribution in [0.2, 0.25) is 0 Å². The summed E-state index contributed by atoms with van der Waals surface area (Å²) in [6, 6.07) is 13.0. The van der Waals surface area contributed by atoms with E-state index in [-0.39, 0.29) is 5.82 Å². The Bertz CT molecular complexity index is 704. The fourth-order valence-electron chi connectivity index (χ4n) is 2.29. The molecule has 3 nitrogen and oxygen atoms in total. The van der Waals surface area contributed by atoms with Gasteiger partial charge in [-0.1, -0.05) is 30.3 Å². The summed E-state index contributed by atoms with van der Waals surface area (Å²) in [6.45, 7) is 0.491. The van der Waals surface area contributed by atoms with Crippen molar-refractivity contribution in [1.29, 1.82) is 0 Å². The zero-order valence-corrected chi connectivity index (χ0v) is 10.4. The summed E-state index contributed by atoms with van der Waals surface area (Å²) < 4.78 is 15.6. The first-order valence-corrected chi connectivity index (χ1v) is 6.22. The first kappa shape index (κ1) is 11.9. The Balaban J connectivity index is 2.32. The highest BCUT2D eigenvalue weighted by molar-refractivity contribution is 5.67. The van der Waals surface area contributed by atoms with Crippen molar-refractivity contribution in [3.05, 3.63) is 60.2 Å². The van der Waals surface area contributed by atoms with E-state index in [0.29, 0.717) is 18.6 Å². The molecule has 0 aliphatic rings. The summed E-state index contributed by atoms with van der Waals surface area (Å²) in [5, 5.41) is 0. The standard InChI is InChI=1S/C15H14FN3/c16-12-7-4-10-19-14(11-5-2-1-3-6-11)13(8-9-17)18-15(12)19/h1-7,10H,8-9,17H2. The number of halogens is 1. The number of hydrogen-bond acceptors (Lipinski definition) is 2. The topological polar surface area (TPSA) is 43.3 Å². The van der Waals surface area contributed by atoms with Gasteiger partial charge in [0.05, 0.1) is 11.4 Å². The van der Waals surface area contributed by atoms with Gasteiger partial charge in [0.15, 0.2) is 11.5 Å². The van der Waals surface area contributed by atoms with E-state index >= 15 is 0 Å². The molecule has 0 aliphatic carbocycles. The fraction of sp³-hybridized carbons (Fsp3) is 0.133. The van der Waals surface area contributed by atoms with Gasteiger partial charge in [-0.15, -0.1) is 0 Å². The molecule has 2 N–H and O–H groups in total. The van der Waals surface area contributed by atoms with E-state index in [1.54, 1.807) is 10.5 Å². The largest absolute Gasteiger partial charge is 0.330 e. The molecular weight excluding hydrogens is 241 g/mol. The van der Waals surface area contributed by atoms with Gasteiger partial charge in [-0.3, -0.25) is 4.40 Å². The number of benzene rings is 1. The number of hydrogen-bond donors (Lipinski definition) is 1. The van der Waals surface area contributed by atoms with E-state index in [2.05, 4.69) is 4.98 Å². The highest BCUT2D eigenvalue weighted by Gasteiger charge is 2.15. The number of pyridine rings is 1. The first-order chi connectivity index (χ1) is 9.31. The Hall–Kier alpha value is -2.20. The minimum absolute atomic E-state index is 0.317. The van der Waals surface area contributed by atoms with Gasteiger partial charge in [-0.2, -0.15) is 0 Å². The van der Waals surface area contributed by atoms with Crippen molar-refractivity contribution in [2.45, 2.75) is 6.42 Å². The summed E-state index contributed by atoms with van der Waals surface area (Å²) >= 11 is 0. The van der Waals surface area contributed by atoms with Gasteiger partial charge in [0.2, 0.25) is 0 Å². The Morgan fingerprint density at radius 2 is 1.89 bits per heavy atom. The van der Waals surface area contributed by atoms with Crippen LogP contribution in [0.3, 0.4) is 0 Å². The average Bonchev–Trinajstić information content (AvgIpc) is 2.80. The molecule has 0 bridgehead atoms. The molecule has 0 fully saturated rings. The lowest BCUT2D eigenvalue weighted by atomic mass is 10.1. The zero-order valence-electron chi connectivity index (χ0n) is 10.4. The van der Waals surface area contributed by atoms with Crippen LogP contribution in [0, 0.1) is 5.82 Å². The van der Waals surface area contributed by atoms with Gasteiger partial charge >= 0.3 is 0 Å². The van der Waals surface area contributed by atoms with Crippen LogP contribution < -0.4 is 5.73 Å². The lowest BCUT2D eigenvalue weighted by Crippen LogP contribution is -2.04. The SMILES string of the molecule is NCCc1nc2c(F)cccn2c1-c1ccccc1. The van der Waals surface area contributed by atoms with Crippen LogP contribution >= 0.6 is 0 Å². The van der Waals surface area contributed by atoms with Crippen molar-refractivity contribution in [1.82, 2.24) is 9.38 Å². The zero-order chi connectivity index (χ0) is 13.2. The molecule has 96 valence electrons. The molecule has 3 rings (SSSR count). The average molecular weight is 255 g/mol. The van der Waals surface area contributed by atoms with Crippen molar-refractivity contribution < 1.29 is 4.39 Å². The molecule has 0 radical (unpaired) electrons. The normalized spacial score (nSPS) is 11.1. The van der Waals surface area contributed by atoms with Crippen molar-refractivity contribution in [2.24, 2.45) is 5.73 Å². The minimum Gasteiger partial charge on any atom is -0.330 e. The van der Waals surface area contributed by atoms with Gasteiger partial charge in [-0.25, -0.2) is 9.37 Å². The van der Waals surface area contributed by atoms with Gasteiger partial charge in [0.1, 0.15) is 0 Å². The Morgan fingerprint density at radius 3 is 2.63 bits per heavy atom. The molecule has 0 atom stereocenters. The predicted molar refractivity (Wildman–Crippen MR) is 73.3 cm³/mol. The molecule has 4 heteroatoms. The predicted octanol–water partition coefficient (Wildman–Crippen LogP) is 2.64. The summed E-state index contributed by atoms with van der Waals surface area (Å²) in [7, 11) is 0. The molecule has 0 spiro atoms. The monoisotopic (exact) mass is 255 g/mol. The van der Waals surface area contributed by atoms with Crippen LogP contribution in [0.4, 0.5) is 4.39 Å². The van der Waals surface area contributed by atoms with Crippen LogP contribution in [-0.4, -0.2) is 15.9 Å². The van der Waals surface area contributed by atoms with E-state index in [4.69, 9.17) is 5.73 Å². The number of fused-ring (bicyclic) bond motifs is 1. The smallest absolute Gasteiger partial charge is 0.173 e. The quantitative estimate of drug-likeness (QED) is 0.781. The Kier molecular flexibility index (Phi) is 3.01. The van der Waals surface area contributed by atoms with E-state index in [1.807, 2.05) is 36.5 Å². The molecule has 0 amide bonds. The van der Waals surface area contributed by atoms with Crippen LogP contribution in [0.25, 0.3) is 16.9 Å². The second kappa shape index (κ2) is 4.82. The maximum absolute atomic E-state index is 13.8. The van der Waals surface area contributed by atoms with Crippen LogP contribution in [0.15, 0.2) is 48.7 Å². The van der Waals surface area contributed by atoms with Gasteiger partial charge < -0.3 is 5.73 Å². The second-order valence-electron chi connectivity index (χ2n) is 4.36. The molecule has 3 aromatic rings. The van der Waals surface area contributed by atoms with Crippen molar-refractivity contribution in [2.75, 3.05) is 6.54 Å². The van der Waals surface area contributed by atoms with E-state index in [0.717, 1.165) is 17.0 Å².